The first kappa shape index (κ1) is 22.1. The predicted molar refractivity (Wildman–Crippen MR) is 136 cm³/mol. The van der Waals surface area contributed by atoms with Gasteiger partial charge in [-0.3, -0.25) is 0 Å². The van der Waals surface area contributed by atoms with Gasteiger partial charge in [0, 0.05) is 55.3 Å². The van der Waals surface area contributed by atoms with E-state index in [0.717, 1.165) is 55.3 Å². The van der Waals surface area contributed by atoms with Crippen LogP contribution >= 0.6 is 23.2 Å². The van der Waals surface area contributed by atoms with Gasteiger partial charge in [0.05, 0.1) is 12.4 Å². The zero-order valence-electron chi connectivity index (χ0n) is 18.5. The molecule has 0 unspecified atom stereocenters. The number of rotatable bonds is 5. The summed E-state index contributed by atoms with van der Waals surface area (Å²) in [4.78, 5) is 0. The van der Waals surface area contributed by atoms with E-state index in [2.05, 4.69) is 59.2 Å². The lowest BCUT2D eigenvalue weighted by Crippen LogP contribution is -1.99. The topological polar surface area (TPSA) is 34.6 Å². The van der Waals surface area contributed by atoms with Gasteiger partial charge in [-0.25, -0.2) is 0 Å². The van der Waals surface area contributed by atoms with Gasteiger partial charge in [0.1, 0.15) is 0 Å². The molecule has 0 aliphatic heterocycles. The molecule has 0 saturated heterocycles. The van der Waals surface area contributed by atoms with Crippen LogP contribution in [-0.4, -0.2) is 21.6 Å². The minimum Gasteiger partial charge on any atom is -0.318 e. The number of hydrogen-bond acceptors (Lipinski definition) is 2. The third-order valence-electron chi connectivity index (χ3n) is 5.57. The van der Waals surface area contributed by atoms with Crippen molar-refractivity contribution in [3.05, 3.63) is 105 Å². The molecule has 6 heteroatoms. The van der Waals surface area contributed by atoms with Crippen molar-refractivity contribution in [1.29, 1.82) is 0 Å². The SMILES string of the molecule is Cc1cc(C=NN=Cc2cc(C)n(-c3ccc(Cl)cc3)c2C)c(C)n1-c1ccc(Cl)cc1. The number of aryl methyl sites for hydroxylation is 2. The van der Waals surface area contributed by atoms with Crippen molar-refractivity contribution in [3.8, 4) is 11.4 Å². The first-order valence-electron chi connectivity index (χ1n) is 10.3. The lowest BCUT2D eigenvalue weighted by atomic mass is 10.2. The summed E-state index contributed by atoms with van der Waals surface area (Å²) in [5, 5.41) is 10.1. The van der Waals surface area contributed by atoms with Crippen LogP contribution in [0.5, 0.6) is 0 Å². The molecule has 32 heavy (non-hydrogen) atoms. The smallest absolute Gasteiger partial charge is 0.0586 e. The van der Waals surface area contributed by atoms with Crippen molar-refractivity contribution in [2.24, 2.45) is 10.2 Å². The van der Waals surface area contributed by atoms with E-state index in [-0.39, 0.29) is 0 Å². The van der Waals surface area contributed by atoms with Crippen LogP contribution in [0.25, 0.3) is 11.4 Å². The zero-order valence-corrected chi connectivity index (χ0v) is 20.0. The number of nitrogens with zero attached hydrogens (tertiary/aromatic N) is 4. The van der Waals surface area contributed by atoms with Gasteiger partial charge in [-0.1, -0.05) is 23.2 Å². The van der Waals surface area contributed by atoms with Crippen LogP contribution in [0.4, 0.5) is 0 Å². The van der Waals surface area contributed by atoms with Crippen LogP contribution in [0.3, 0.4) is 0 Å². The number of aromatic nitrogens is 2. The Bertz CT molecular complexity index is 1200. The van der Waals surface area contributed by atoms with Gasteiger partial charge in [-0.2, -0.15) is 10.2 Å². The quantitative estimate of drug-likeness (QED) is 0.221. The average molecular weight is 463 g/mol. The van der Waals surface area contributed by atoms with Crippen LogP contribution in [0.2, 0.25) is 10.0 Å². The maximum atomic E-state index is 6.03. The fourth-order valence-electron chi connectivity index (χ4n) is 4.00. The van der Waals surface area contributed by atoms with Crippen molar-refractivity contribution in [2.75, 3.05) is 0 Å². The van der Waals surface area contributed by atoms with Gasteiger partial charge < -0.3 is 9.13 Å². The molecule has 0 N–H and O–H groups in total. The van der Waals surface area contributed by atoms with Crippen molar-refractivity contribution in [2.45, 2.75) is 27.7 Å². The highest BCUT2D eigenvalue weighted by Gasteiger charge is 2.10. The van der Waals surface area contributed by atoms with E-state index < -0.39 is 0 Å². The second-order valence-electron chi connectivity index (χ2n) is 7.77. The Morgan fingerprint density at radius 3 is 1.28 bits per heavy atom. The van der Waals surface area contributed by atoms with Gasteiger partial charge in [-0.05, 0) is 88.4 Å². The molecule has 4 aromatic rings. The molecule has 0 atom stereocenters. The Morgan fingerprint density at radius 2 is 0.938 bits per heavy atom. The number of hydrogen-bond donors (Lipinski definition) is 0. The molecule has 2 aromatic heterocycles. The van der Waals surface area contributed by atoms with Crippen LogP contribution in [-0.2, 0) is 0 Å². The molecular weight excluding hydrogens is 439 g/mol. The van der Waals surface area contributed by atoms with Crippen LogP contribution in [0.15, 0.2) is 70.9 Å². The van der Waals surface area contributed by atoms with Crippen molar-refractivity contribution >= 4 is 35.6 Å². The molecule has 0 aliphatic carbocycles. The summed E-state index contributed by atoms with van der Waals surface area (Å²) in [6.45, 7) is 8.31. The first-order valence-corrected chi connectivity index (χ1v) is 11.1. The molecule has 162 valence electrons. The van der Waals surface area contributed by atoms with Gasteiger partial charge in [0.15, 0.2) is 0 Å². The van der Waals surface area contributed by atoms with Crippen molar-refractivity contribution in [3.63, 3.8) is 0 Å². The Morgan fingerprint density at radius 1 is 0.594 bits per heavy atom. The van der Waals surface area contributed by atoms with Gasteiger partial charge in [0.2, 0.25) is 0 Å². The maximum Gasteiger partial charge on any atom is 0.0586 e. The van der Waals surface area contributed by atoms with Gasteiger partial charge >= 0.3 is 0 Å². The summed E-state index contributed by atoms with van der Waals surface area (Å²) >= 11 is 12.1. The average Bonchev–Trinajstić information content (AvgIpc) is 3.21. The molecule has 0 spiro atoms. The standard InChI is InChI=1S/C26H24Cl2N4/c1-17-13-21(19(3)31(17)25-9-5-23(27)6-10-25)15-29-30-16-22-14-18(2)32(20(22)4)26-11-7-24(28)8-12-26/h5-16H,1-4H3. The Balaban J connectivity index is 1.56. The Labute approximate surface area is 198 Å². The summed E-state index contributed by atoms with van der Waals surface area (Å²) in [7, 11) is 0. The number of benzene rings is 2. The second-order valence-corrected chi connectivity index (χ2v) is 8.64. The second kappa shape index (κ2) is 9.19. The Kier molecular flexibility index (Phi) is 6.35. The van der Waals surface area contributed by atoms with Crippen LogP contribution in [0, 0.1) is 27.7 Å². The molecule has 0 radical (unpaired) electrons. The molecule has 4 nitrogen and oxygen atoms in total. The normalized spacial score (nSPS) is 11.8. The van der Waals surface area contributed by atoms with E-state index in [0.29, 0.717) is 0 Å². The van der Waals surface area contributed by atoms with Gasteiger partial charge in [-0.15, -0.1) is 0 Å². The highest BCUT2D eigenvalue weighted by Crippen LogP contribution is 2.23. The molecule has 4 rings (SSSR count). The lowest BCUT2D eigenvalue weighted by Gasteiger charge is -2.09. The molecule has 0 aliphatic rings. The highest BCUT2D eigenvalue weighted by atomic mass is 35.5. The number of halogens is 2. The largest absolute Gasteiger partial charge is 0.318 e. The molecule has 0 fully saturated rings. The van der Waals surface area contributed by atoms with Crippen LogP contribution < -0.4 is 0 Å². The summed E-state index contributed by atoms with van der Waals surface area (Å²) in [6.07, 6.45) is 3.59. The van der Waals surface area contributed by atoms with Crippen LogP contribution in [0.1, 0.15) is 33.9 Å². The molecule has 0 amide bonds. The van der Waals surface area contributed by atoms with E-state index in [4.69, 9.17) is 23.2 Å². The zero-order chi connectivity index (χ0) is 22.8. The van der Waals surface area contributed by atoms with E-state index in [1.165, 1.54) is 0 Å². The summed E-state index contributed by atoms with van der Waals surface area (Å²) in [6, 6.07) is 19.8. The summed E-state index contributed by atoms with van der Waals surface area (Å²) in [5.74, 6) is 0. The fourth-order valence-corrected chi connectivity index (χ4v) is 4.25. The fraction of sp³-hybridized carbons (Fsp3) is 0.154. The van der Waals surface area contributed by atoms with E-state index in [1.807, 2.05) is 48.5 Å². The monoisotopic (exact) mass is 462 g/mol. The first-order chi connectivity index (χ1) is 15.3. The van der Waals surface area contributed by atoms with E-state index >= 15 is 0 Å². The summed E-state index contributed by atoms with van der Waals surface area (Å²) < 4.78 is 4.36. The van der Waals surface area contributed by atoms with Crippen molar-refractivity contribution < 1.29 is 0 Å². The summed E-state index contributed by atoms with van der Waals surface area (Å²) in [5.41, 5.74) is 8.66. The minimum atomic E-state index is 0.725. The third kappa shape index (κ3) is 4.43. The molecule has 0 bridgehead atoms. The molecule has 2 aromatic carbocycles. The third-order valence-corrected chi connectivity index (χ3v) is 6.07. The highest BCUT2D eigenvalue weighted by molar-refractivity contribution is 6.30. The molecular formula is C26H24Cl2N4. The minimum absolute atomic E-state index is 0.725. The van der Waals surface area contributed by atoms with Crippen molar-refractivity contribution in [1.82, 2.24) is 9.13 Å². The predicted octanol–water partition coefficient (Wildman–Crippen LogP) is 7.26. The Hall–Kier alpha value is -3.08. The van der Waals surface area contributed by atoms with Gasteiger partial charge in [0.25, 0.3) is 0 Å². The maximum absolute atomic E-state index is 6.03. The van der Waals surface area contributed by atoms with E-state index in [9.17, 15) is 0 Å². The van der Waals surface area contributed by atoms with E-state index in [1.54, 1.807) is 12.4 Å². The lowest BCUT2D eigenvalue weighted by molar-refractivity contribution is 0.964. The molecule has 0 saturated carbocycles. The molecule has 2 heterocycles.